The Bertz CT molecular complexity index is 408. The second-order valence-corrected chi connectivity index (χ2v) is 2.55. The van der Waals surface area contributed by atoms with Gasteiger partial charge in [-0.2, -0.15) is 0 Å². The third-order valence-electron chi connectivity index (χ3n) is 1.84. The highest BCUT2D eigenvalue weighted by molar-refractivity contribution is 5.81. The molecule has 0 aliphatic heterocycles. The van der Waals surface area contributed by atoms with Crippen molar-refractivity contribution in [3.63, 3.8) is 0 Å². The molecule has 62 valence electrons. The second-order valence-electron chi connectivity index (χ2n) is 2.55. The first-order valence-corrected chi connectivity index (χ1v) is 3.62. The lowest BCUT2D eigenvalue weighted by molar-refractivity contribution is 0.415. The van der Waals surface area contributed by atoms with E-state index in [-0.39, 0.29) is 5.82 Å². The van der Waals surface area contributed by atoms with Gasteiger partial charge in [0.15, 0.2) is 0 Å². The van der Waals surface area contributed by atoms with Crippen molar-refractivity contribution in [1.29, 1.82) is 0 Å². The molecule has 0 fully saturated rings. The standard InChI is InChI=1S/C9H8FNO/c1-12-6-2-3-9-7(4-6)8(10)5-11-9/h2-5,11H,1H3. The first-order chi connectivity index (χ1) is 5.81. The summed E-state index contributed by atoms with van der Waals surface area (Å²) < 4.78 is 17.9. The summed E-state index contributed by atoms with van der Waals surface area (Å²) in [7, 11) is 1.56. The van der Waals surface area contributed by atoms with E-state index in [2.05, 4.69) is 4.98 Å². The Labute approximate surface area is 69.0 Å². The maximum atomic E-state index is 13.0. The van der Waals surface area contributed by atoms with Gasteiger partial charge in [0.2, 0.25) is 0 Å². The average Bonchev–Trinajstić information content (AvgIpc) is 2.47. The van der Waals surface area contributed by atoms with Crippen LogP contribution in [0.2, 0.25) is 0 Å². The van der Waals surface area contributed by atoms with Gasteiger partial charge < -0.3 is 9.72 Å². The van der Waals surface area contributed by atoms with Gasteiger partial charge in [-0.15, -0.1) is 0 Å². The molecule has 1 N–H and O–H groups in total. The number of fused-ring (bicyclic) bond motifs is 1. The summed E-state index contributed by atoms with van der Waals surface area (Å²) in [5, 5.41) is 0.564. The predicted molar refractivity (Wildman–Crippen MR) is 44.8 cm³/mol. The summed E-state index contributed by atoms with van der Waals surface area (Å²) in [5.41, 5.74) is 0.785. The molecule has 0 spiro atoms. The van der Waals surface area contributed by atoms with E-state index >= 15 is 0 Å². The normalized spacial score (nSPS) is 10.5. The smallest absolute Gasteiger partial charge is 0.148 e. The fraction of sp³-hybridized carbons (Fsp3) is 0.111. The third kappa shape index (κ3) is 0.942. The van der Waals surface area contributed by atoms with E-state index in [0.29, 0.717) is 11.1 Å². The number of methoxy groups -OCH3 is 1. The van der Waals surface area contributed by atoms with Crippen LogP contribution in [-0.4, -0.2) is 12.1 Å². The van der Waals surface area contributed by atoms with E-state index in [0.717, 1.165) is 5.52 Å². The van der Waals surface area contributed by atoms with Crippen molar-refractivity contribution in [2.45, 2.75) is 0 Å². The van der Waals surface area contributed by atoms with Crippen molar-refractivity contribution < 1.29 is 9.13 Å². The summed E-state index contributed by atoms with van der Waals surface area (Å²) in [6.45, 7) is 0. The maximum absolute atomic E-state index is 13.0. The topological polar surface area (TPSA) is 25.0 Å². The Balaban J connectivity index is 2.71. The number of H-pyrrole nitrogens is 1. The van der Waals surface area contributed by atoms with E-state index in [4.69, 9.17) is 4.74 Å². The molecule has 1 aromatic carbocycles. The SMILES string of the molecule is COc1ccc2[nH]cc(F)c2c1. The fourth-order valence-electron chi connectivity index (χ4n) is 1.19. The van der Waals surface area contributed by atoms with Crippen LogP contribution in [0.15, 0.2) is 24.4 Å². The van der Waals surface area contributed by atoms with E-state index < -0.39 is 0 Å². The highest BCUT2D eigenvalue weighted by atomic mass is 19.1. The molecule has 1 heterocycles. The molecular weight excluding hydrogens is 157 g/mol. The zero-order valence-electron chi connectivity index (χ0n) is 6.60. The van der Waals surface area contributed by atoms with Crippen molar-refractivity contribution in [1.82, 2.24) is 4.98 Å². The Morgan fingerprint density at radius 2 is 2.25 bits per heavy atom. The lowest BCUT2D eigenvalue weighted by Crippen LogP contribution is -1.81. The number of aromatic amines is 1. The molecule has 0 aliphatic rings. The summed E-state index contributed by atoms with van der Waals surface area (Å²) in [6.07, 6.45) is 1.34. The van der Waals surface area contributed by atoms with E-state index in [1.807, 2.05) is 0 Å². The maximum Gasteiger partial charge on any atom is 0.148 e. The van der Waals surface area contributed by atoms with Crippen LogP contribution >= 0.6 is 0 Å². The number of ether oxygens (including phenoxy) is 1. The van der Waals surface area contributed by atoms with Gasteiger partial charge in [-0.05, 0) is 18.2 Å². The van der Waals surface area contributed by atoms with Gasteiger partial charge in [-0.1, -0.05) is 0 Å². The van der Waals surface area contributed by atoms with Crippen LogP contribution in [0.3, 0.4) is 0 Å². The highest BCUT2D eigenvalue weighted by Gasteiger charge is 2.02. The van der Waals surface area contributed by atoms with Crippen LogP contribution in [0.5, 0.6) is 5.75 Å². The van der Waals surface area contributed by atoms with Crippen LogP contribution in [0.25, 0.3) is 10.9 Å². The lowest BCUT2D eigenvalue weighted by Gasteiger charge is -1.97. The van der Waals surface area contributed by atoms with E-state index in [1.54, 1.807) is 25.3 Å². The van der Waals surface area contributed by atoms with Gasteiger partial charge >= 0.3 is 0 Å². The molecule has 2 nitrogen and oxygen atoms in total. The number of halogens is 1. The minimum Gasteiger partial charge on any atom is -0.497 e. The molecule has 12 heavy (non-hydrogen) atoms. The number of rotatable bonds is 1. The van der Waals surface area contributed by atoms with Crippen molar-refractivity contribution in [3.05, 3.63) is 30.2 Å². The molecule has 0 bridgehead atoms. The van der Waals surface area contributed by atoms with Crippen molar-refractivity contribution in [2.24, 2.45) is 0 Å². The Morgan fingerprint density at radius 3 is 3.00 bits per heavy atom. The average molecular weight is 165 g/mol. The summed E-state index contributed by atoms with van der Waals surface area (Å²) in [4.78, 5) is 2.81. The number of benzene rings is 1. The zero-order chi connectivity index (χ0) is 8.55. The predicted octanol–water partition coefficient (Wildman–Crippen LogP) is 2.32. The van der Waals surface area contributed by atoms with Gasteiger partial charge in [0.05, 0.1) is 7.11 Å². The molecule has 0 saturated heterocycles. The van der Waals surface area contributed by atoms with Gasteiger partial charge in [0.1, 0.15) is 11.6 Å². The molecule has 0 unspecified atom stereocenters. The van der Waals surface area contributed by atoms with Crippen LogP contribution < -0.4 is 4.74 Å². The first-order valence-electron chi connectivity index (χ1n) is 3.62. The molecule has 0 radical (unpaired) electrons. The van der Waals surface area contributed by atoms with E-state index in [9.17, 15) is 4.39 Å². The molecule has 3 heteroatoms. The molecular formula is C9H8FNO. The fourth-order valence-corrected chi connectivity index (χ4v) is 1.19. The van der Waals surface area contributed by atoms with Crippen molar-refractivity contribution in [2.75, 3.05) is 7.11 Å². The van der Waals surface area contributed by atoms with Gasteiger partial charge in [-0.25, -0.2) is 4.39 Å². The van der Waals surface area contributed by atoms with Gasteiger partial charge in [0.25, 0.3) is 0 Å². The molecule has 2 aromatic rings. The van der Waals surface area contributed by atoms with Crippen LogP contribution in [0.1, 0.15) is 0 Å². The molecule has 1 aromatic heterocycles. The first kappa shape index (κ1) is 7.16. The second kappa shape index (κ2) is 2.52. The van der Waals surface area contributed by atoms with Crippen LogP contribution in [0.4, 0.5) is 4.39 Å². The molecule has 0 aliphatic carbocycles. The quantitative estimate of drug-likeness (QED) is 0.689. The number of hydrogen-bond donors (Lipinski definition) is 1. The molecule has 0 amide bonds. The third-order valence-corrected chi connectivity index (χ3v) is 1.84. The summed E-state index contributed by atoms with van der Waals surface area (Å²) in [6, 6.07) is 5.25. The van der Waals surface area contributed by atoms with Gasteiger partial charge in [-0.3, -0.25) is 0 Å². The molecule has 0 saturated carbocycles. The van der Waals surface area contributed by atoms with E-state index in [1.165, 1.54) is 6.20 Å². The molecule has 2 rings (SSSR count). The highest BCUT2D eigenvalue weighted by Crippen LogP contribution is 2.21. The largest absolute Gasteiger partial charge is 0.497 e. The summed E-state index contributed by atoms with van der Waals surface area (Å²) in [5.74, 6) is 0.421. The monoisotopic (exact) mass is 165 g/mol. The Kier molecular flexibility index (Phi) is 1.50. The van der Waals surface area contributed by atoms with Crippen molar-refractivity contribution in [3.8, 4) is 5.75 Å². The Morgan fingerprint density at radius 1 is 1.42 bits per heavy atom. The van der Waals surface area contributed by atoms with Crippen LogP contribution in [0, 0.1) is 5.82 Å². The van der Waals surface area contributed by atoms with Gasteiger partial charge in [0, 0.05) is 17.1 Å². The lowest BCUT2D eigenvalue weighted by atomic mass is 10.2. The number of hydrogen-bond acceptors (Lipinski definition) is 1. The van der Waals surface area contributed by atoms with Crippen LogP contribution in [-0.2, 0) is 0 Å². The minimum absolute atomic E-state index is 0.246. The Hall–Kier alpha value is -1.51. The number of nitrogens with one attached hydrogen (secondary N) is 1. The minimum atomic E-state index is -0.246. The number of aromatic nitrogens is 1. The molecule has 0 atom stereocenters. The summed E-state index contributed by atoms with van der Waals surface area (Å²) >= 11 is 0. The zero-order valence-corrected chi connectivity index (χ0v) is 6.60. The van der Waals surface area contributed by atoms with Crippen molar-refractivity contribution >= 4 is 10.9 Å².